The number of sulfonamides is 1. The Kier molecular flexibility index (Phi) is 7.02. The number of rotatable bonds is 5. The first-order chi connectivity index (χ1) is 13.3. The molecule has 0 bridgehead atoms. The lowest BCUT2D eigenvalue weighted by molar-refractivity contribution is -0.138. The molecule has 0 unspecified atom stereocenters. The molecule has 0 aromatic heterocycles. The molecule has 28 heavy (non-hydrogen) atoms. The van der Waals surface area contributed by atoms with E-state index in [9.17, 15) is 13.2 Å². The molecular weight excluding hydrogens is 398 g/mol. The highest BCUT2D eigenvalue weighted by Crippen LogP contribution is 2.28. The molecule has 0 atom stereocenters. The highest BCUT2D eigenvalue weighted by molar-refractivity contribution is 7.89. The fraction of sp³-hybridized carbons (Fsp3) is 0.650. The van der Waals surface area contributed by atoms with Crippen molar-refractivity contribution in [2.45, 2.75) is 56.5 Å². The van der Waals surface area contributed by atoms with E-state index in [2.05, 4.69) is 23.5 Å². The highest BCUT2D eigenvalue weighted by atomic mass is 35.5. The van der Waals surface area contributed by atoms with Crippen LogP contribution in [-0.4, -0.2) is 62.4 Å². The van der Waals surface area contributed by atoms with Crippen LogP contribution >= 0.6 is 11.6 Å². The molecule has 1 heterocycles. The van der Waals surface area contributed by atoms with Crippen LogP contribution in [0.4, 0.5) is 0 Å². The molecule has 8 heteroatoms. The van der Waals surface area contributed by atoms with Crippen LogP contribution in [0.15, 0.2) is 29.2 Å². The topological polar surface area (TPSA) is 69.7 Å². The molecule has 1 saturated carbocycles. The van der Waals surface area contributed by atoms with Crippen LogP contribution in [0.5, 0.6) is 0 Å². The summed E-state index contributed by atoms with van der Waals surface area (Å²) in [7, 11) is -3.56. The van der Waals surface area contributed by atoms with Gasteiger partial charge >= 0.3 is 0 Å². The van der Waals surface area contributed by atoms with Crippen LogP contribution < -0.4 is 4.72 Å². The van der Waals surface area contributed by atoms with Crippen molar-refractivity contribution in [3.8, 4) is 0 Å². The summed E-state index contributed by atoms with van der Waals surface area (Å²) in [5, 5.41) is 0.507. The van der Waals surface area contributed by atoms with Crippen molar-refractivity contribution in [3.63, 3.8) is 0 Å². The molecule has 1 saturated heterocycles. The van der Waals surface area contributed by atoms with Crippen molar-refractivity contribution in [1.29, 1.82) is 0 Å². The van der Waals surface area contributed by atoms with Crippen molar-refractivity contribution in [2.75, 3.05) is 26.2 Å². The Morgan fingerprint density at radius 3 is 2.14 bits per heavy atom. The predicted molar refractivity (Wildman–Crippen MR) is 111 cm³/mol. The molecule has 1 N–H and O–H groups in total. The van der Waals surface area contributed by atoms with Crippen molar-refractivity contribution < 1.29 is 13.2 Å². The van der Waals surface area contributed by atoms with Gasteiger partial charge in [0.1, 0.15) is 0 Å². The third kappa shape index (κ3) is 5.26. The molecule has 0 spiro atoms. The smallest absolute Gasteiger partial charge is 0.240 e. The maximum atomic E-state index is 12.8. The lowest BCUT2D eigenvalue weighted by atomic mass is 9.85. The number of benzene rings is 1. The summed E-state index contributed by atoms with van der Waals surface area (Å²) in [6, 6.07) is 6.56. The summed E-state index contributed by atoms with van der Waals surface area (Å²) in [6.45, 7) is 7.81. The SMILES string of the molecule is CC(C)N1CCN(C(=O)C2CCC(NS(=O)(=O)c3ccc(Cl)cc3)CC2)CC1. The third-order valence-electron chi connectivity index (χ3n) is 5.88. The van der Waals surface area contributed by atoms with Gasteiger partial charge in [-0.15, -0.1) is 0 Å². The summed E-state index contributed by atoms with van der Waals surface area (Å²) in [6.07, 6.45) is 2.85. The fourth-order valence-electron chi connectivity index (χ4n) is 4.08. The minimum atomic E-state index is -3.56. The van der Waals surface area contributed by atoms with Crippen molar-refractivity contribution in [3.05, 3.63) is 29.3 Å². The van der Waals surface area contributed by atoms with Gasteiger partial charge in [0.15, 0.2) is 0 Å². The van der Waals surface area contributed by atoms with Crippen LogP contribution in [0.3, 0.4) is 0 Å². The quantitative estimate of drug-likeness (QED) is 0.784. The van der Waals surface area contributed by atoms with Gasteiger partial charge in [-0.25, -0.2) is 13.1 Å². The van der Waals surface area contributed by atoms with Gasteiger partial charge in [0.25, 0.3) is 0 Å². The summed E-state index contributed by atoms with van der Waals surface area (Å²) >= 11 is 5.83. The number of piperazine rings is 1. The zero-order valence-corrected chi connectivity index (χ0v) is 18.2. The first-order valence-electron chi connectivity index (χ1n) is 10.1. The molecule has 1 amide bonds. The van der Waals surface area contributed by atoms with Crippen molar-refractivity contribution >= 4 is 27.5 Å². The Balaban J connectivity index is 1.49. The minimum absolute atomic E-state index is 0.0156. The Hall–Kier alpha value is -1.15. The number of carbonyl (C=O) groups excluding carboxylic acids is 1. The zero-order valence-electron chi connectivity index (χ0n) is 16.6. The van der Waals surface area contributed by atoms with Gasteiger partial charge < -0.3 is 4.90 Å². The van der Waals surface area contributed by atoms with Gasteiger partial charge in [-0.05, 0) is 63.8 Å². The zero-order chi connectivity index (χ0) is 20.3. The molecule has 1 aliphatic carbocycles. The molecule has 156 valence electrons. The van der Waals surface area contributed by atoms with Gasteiger partial charge in [-0.2, -0.15) is 0 Å². The van der Waals surface area contributed by atoms with E-state index < -0.39 is 10.0 Å². The monoisotopic (exact) mass is 427 g/mol. The van der Waals surface area contributed by atoms with E-state index in [-0.39, 0.29) is 22.8 Å². The second-order valence-electron chi connectivity index (χ2n) is 8.08. The molecule has 1 aromatic rings. The Bertz CT molecular complexity index is 766. The number of nitrogens with zero attached hydrogens (tertiary/aromatic N) is 2. The highest BCUT2D eigenvalue weighted by Gasteiger charge is 2.32. The van der Waals surface area contributed by atoms with Crippen molar-refractivity contribution in [2.24, 2.45) is 5.92 Å². The summed E-state index contributed by atoms with van der Waals surface area (Å²) in [5.41, 5.74) is 0. The van der Waals surface area contributed by atoms with E-state index in [4.69, 9.17) is 11.6 Å². The average molecular weight is 428 g/mol. The van der Waals surface area contributed by atoms with E-state index in [1.54, 1.807) is 12.1 Å². The Morgan fingerprint density at radius 1 is 1.04 bits per heavy atom. The van der Waals surface area contributed by atoms with Crippen molar-refractivity contribution in [1.82, 2.24) is 14.5 Å². The Morgan fingerprint density at radius 2 is 1.61 bits per heavy atom. The maximum Gasteiger partial charge on any atom is 0.240 e. The van der Waals surface area contributed by atoms with Gasteiger partial charge in [-0.3, -0.25) is 9.69 Å². The van der Waals surface area contributed by atoms with E-state index in [0.29, 0.717) is 23.9 Å². The first kappa shape index (κ1) is 21.6. The van der Waals surface area contributed by atoms with Gasteiger partial charge in [0, 0.05) is 49.2 Å². The lowest BCUT2D eigenvalue weighted by Gasteiger charge is -2.39. The van der Waals surface area contributed by atoms with Gasteiger partial charge in [0.2, 0.25) is 15.9 Å². The minimum Gasteiger partial charge on any atom is -0.340 e. The fourth-order valence-corrected chi connectivity index (χ4v) is 5.51. The van der Waals surface area contributed by atoms with Crippen LogP contribution in [0.2, 0.25) is 5.02 Å². The molecule has 0 radical (unpaired) electrons. The predicted octanol–water partition coefficient (Wildman–Crippen LogP) is 2.73. The van der Waals surface area contributed by atoms with E-state index >= 15 is 0 Å². The number of carbonyl (C=O) groups is 1. The largest absolute Gasteiger partial charge is 0.340 e. The van der Waals surface area contributed by atoms with Gasteiger partial charge in [-0.1, -0.05) is 11.6 Å². The summed E-state index contributed by atoms with van der Waals surface area (Å²) < 4.78 is 27.8. The maximum absolute atomic E-state index is 12.8. The number of hydrogen-bond donors (Lipinski definition) is 1. The molecular formula is C20H30ClN3O3S. The van der Waals surface area contributed by atoms with Crippen LogP contribution in [0, 0.1) is 5.92 Å². The summed E-state index contributed by atoms with van der Waals surface area (Å²) in [4.78, 5) is 17.4. The van der Waals surface area contributed by atoms with E-state index in [0.717, 1.165) is 39.0 Å². The second kappa shape index (κ2) is 9.11. The molecule has 1 aliphatic heterocycles. The molecule has 2 aliphatic rings. The van der Waals surface area contributed by atoms with Crippen LogP contribution in [-0.2, 0) is 14.8 Å². The average Bonchev–Trinajstić information content (AvgIpc) is 2.68. The molecule has 2 fully saturated rings. The molecule has 6 nitrogen and oxygen atoms in total. The first-order valence-corrected chi connectivity index (χ1v) is 11.9. The summed E-state index contributed by atoms with van der Waals surface area (Å²) in [5.74, 6) is 0.254. The number of hydrogen-bond acceptors (Lipinski definition) is 4. The number of amides is 1. The normalized spacial score (nSPS) is 24.5. The number of nitrogens with one attached hydrogen (secondary N) is 1. The van der Waals surface area contributed by atoms with E-state index in [1.807, 2.05) is 4.90 Å². The van der Waals surface area contributed by atoms with Crippen LogP contribution in [0.1, 0.15) is 39.5 Å². The molecule has 1 aromatic carbocycles. The lowest BCUT2D eigenvalue weighted by Crippen LogP contribution is -2.52. The van der Waals surface area contributed by atoms with E-state index in [1.165, 1.54) is 12.1 Å². The Labute approximate surface area is 173 Å². The third-order valence-corrected chi connectivity index (χ3v) is 7.67. The molecule has 3 rings (SSSR count). The van der Waals surface area contributed by atoms with Crippen LogP contribution in [0.25, 0.3) is 0 Å². The number of halogens is 1. The van der Waals surface area contributed by atoms with Gasteiger partial charge in [0.05, 0.1) is 4.90 Å². The standard InChI is InChI=1S/C20H30ClN3O3S/c1-15(2)23-11-13-24(14-12-23)20(25)16-3-7-18(8-4-16)22-28(26,27)19-9-5-17(21)6-10-19/h5-6,9-10,15-16,18,22H,3-4,7-8,11-14H2,1-2H3. The second-order valence-corrected chi connectivity index (χ2v) is 10.2.